The zero-order valence-corrected chi connectivity index (χ0v) is 11.0. The van der Waals surface area contributed by atoms with Crippen LogP contribution in [0, 0.1) is 10.1 Å². The van der Waals surface area contributed by atoms with E-state index in [-0.39, 0.29) is 12.1 Å². The molecular weight excluding hydrogens is 272 g/mol. The minimum absolute atomic E-state index is 0.0388. The number of anilines is 1. The molecule has 8 heteroatoms. The van der Waals surface area contributed by atoms with Crippen LogP contribution in [0.3, 0.4) is 0 Å². The summed E-state index contributed by atoms with van der Waals surface area (Å²) in [4.78, 5) is 20.8. The molecule has 1 amide bonds. The number of nitro groups is 1. The van der Waals surface area contributed by atoms with Gasteiger partial charge in [0.2, 0.25) is 5.91 Å². The average Bonchev–Trinajstić information content (AvgIpc) is 2.26. The summed E-state index contributed by atoms with van der Waals surface area (Å²) in [6, 6.07) is 3.13. The highest BCUT2D eigenvalue weighted by atomic mass is 19.3. The van der Waals surface area contributed by atoms with Crippen molar-refractivity contribution in [3.8, 4) is 0 Å². The topological polar surface area (TPSA) is 98.3 Å². The highest BCUT2D eigenvalue weighted by Crippen LogP contribution is 2.32. The van der Waals surface area contributed by atoms with Crippen LogP contribution < -0.4 is 11.1 Å². The van der Waals surface area contributed by atoms with Gasteiger partial charge in [-0.1, -0.05) is 0 Å². The lowest BCUT2D eigenvalue weighted by molar-refractivity contribution is -0.385. The fourth-order valence-corrected chi connectivity index (χ4v) is 1.80. The highest BCUT2D eigenvalue weighted by Gasteiger charge is 2.24. The Kier molecular flexibility index (Phi) is 4.59. The molecule has 0 aromatic heterocycles. The second-order valence-electron chi connectivity index (χ2n) is 4.98. The Morgan fingerprint density at radius 1 is 1.50 bits per heavy atom. The predicted octanol–water partition coefficient (Wildman–Crippen LogP) is 2.60. The second-order valence-corrected chi connectivity index (χ2v) is 4.98. The van der Waals surface area contributed by atoms with Crippen LogP contribution in [-0.2, 0) is 4.79 Å². The van der Waals surface area contributed by atoms with Crippen LogP contribution in [0.25, 0.3) is 0 Å². The molecule has 1 aromatic rings. The molecule has 0 radical (unpaired) electrons. The van der Waals surface area contributed by atoms with Crippen molar-refractivity contribution in [2.24, 2.45) is 5.73 Å². The number of primary amides is 1. The van der Waals surface area contributed by atoms with Gasteiger partial charge in [-0.05, 0) is 19.9 Å². The standard InChI is InChI=1S/C12H15F2N3O3/c1-12(2,6-10(15)18)16-9-4-3-7(17(19)20)5-8(9)11(13)14/h3-5,11,16H,6H2,1-2H3,(H2,15,18). The fraction of sp³-hybridized carbons (Fsp3) is 0.417. The molecule has 0 fully saturated rings. The number of halogens is 2. The third kappa shape index (κ3) is 4.15. The van der Waals surface area contributed by atoms with Crippen LogP contribution >= 0.6 is 0 Å². The lowest BCUT2D eigenvalue weighted by Gasteiger charge is -2.27. The lowest BCUT2D eigenvalue weighted by atomic mass is 9.99. The summed E-state index contributed by atoms with van der Waals surface area (Å²) >= 11 is 0. The van der Waals surface area contributed by atoms with Crippen molar-refractivity contribution in [2.75, 3.05) is 5.32 Å². The summed E-state index contributed by atoms with van der Waals surface area (Å²) in [5.74, 6) is -0.581. The van der Waals surface area contributed by atoms with Gasteiger partial charge in [-0.3, -0.25) is 14.9 Å². The Bertz CT molecular complexity index is 533. The zero-order valence-electron chi connectivity index (χ0n) is 11.0. The molecule has 0 aliphatic carbocycles. The minimum Gasteiger partial charge on any atom is -0.379 e. The molecule has 0 aliphatic heterocycles. The van der Waals surface area contributed by atoms with Crippen molar-refractivity contribution in [2.45, 2.75) is 32.2 Å². The predicted molar refractivity (Wildman–Crippen MR) is 69.6 cm³/mol. The number of benzene rings is 1. The number of nitrogens with two attached hydrogens (primary N) is 1. The van der Waals surface area contributed by atoms with E-state index >= 15 is 0 Å². The molecule has 0 atom stereocenters. The van der Waals surface area contributed by atoms with Crippen LogP contribution in [0.1, 0.15) is 32.3 Å². The maximum Gasteiger partial charge on any atom is 0.270 e. The van der Waals surface area contributed by atoms with Crippen molar-refractivity contribution >= 4 is 17.3 Å². The van der Waals surface area contributed by atoms with E-state index in [1.807, 2.05) is 0 Å². The molecule has 110 valence electrons. The average molecular weight is 287 g/mol. The number of nitrogens with one attached hydrogen (secondary N) is 1. The second kappa shape index (κ2) is 5.81. The summed E-state index contributed by atoms with van der Waals surface area (Å²) in [5, 5.41) is 13.4. The van der Waals surface area contributed by atoms with Gasteiger partial charge in [0.1, 0.15) is 0 Å². The molecule has 20 heavy (non-hydrogen) atoms. The maximum atomic E-state index is 13.0. The first kappa shape index (κ1) is 15.8. The molecule has 0 heterocycles. The van der Waals surface area contributed by atoms with E-state index in [9.17, 15) is 23.7 Å². The summed E-state index contributed by atoms with van der Waals surface area (Å²) in [7, 11) is 0. The number of rotatable bonds is 6. The molecule has 6 nitrogen and oxygen atoms in total. The van der Waals surface area contributed by atoms with Crippen molar-refractivity contribution in [3.63, 3.8) is 0 Å². The molecule has 0 aliphatic rings. The number of hydrogen-bond donors (Lipinski definition) is 2. The molecular formula is C12H15F2N3O3. The van der Waals surface area contributed by atoms with Crippen LogP contribution in [0.4, 0.5) is 20.2 Å². The number of nitro benzene ring substituents is 1. The third-order valence-corrected chi connectivity index (χ3v) is 2.57. The van der Waals surface area contributed by atoms with Crippen molar-refractivity contribution in [3.05, 3.63) is 33.9 Å². The van der Waals surface area contributed by atoms with Gasteiger partial charge >= 0.3 is 0 Å². The number of amides is 1. The number of non-ortho nitro benzene ring substituents is 1. The van der Waals surface area contributed by atoms with E-state index in [4.69, 9.17) is 5.73 Å². The van der Waals surface area contributed by atoms with Crippen molar-refractivity contribution in [1.29, 1.82) is 0 Å². The SMILES string of the molecule is CC(C)(CC(N)=O)Nc1ccc([N+](=O)[O-])cc1C(F)F. The Hall–Kier alpha value is -2.25. The summed E-state index contributed by atoms with van der Waals surface area (Å²) in [5.41, 5.74) is 3.37. The molecule has 0 spiro atoms. The number of alkyl halides is 2. The van der Waals surface area contributed by atoms with Gasteiger partial charge < -0.3 is 11.1 Å². The first-order chi connectivity index (χ1) is 9.12. The first-order valence-electron chi connectivity index (χ1n) is 5.75. The number of nitrogens with zero attached hydrogens (tertiary/aromatic N) is 1. The van der Waals surface area contributed by atoms with E-state index in [1.165, 1.54) is 6.07 Å². The monoisotopic (exact) mass is 287 g/mol. The number of carbonyl (C=O) groups is 1. The van der Waals surface area contributed by atoms with Gasteiger partial charge in [0.15, 0.2) is 0 Å². The third-order valence-electron chi connectivity index (χ3n) is 2.57. The largest absolute Gasteiger partial charge is 0.379 e. The smallest absolute Gasteiger partial charge is 0.270 e. The van der Waals surface area contributed by atoms with E-state index in [1.54, 1.807) is 13.8 Å². The van der Waals surface area contributed by atoms with Crippen LogP contribution in [0.5, 0.6) is 0 Å². The minimum atomic E-state index is -2.87. The number of hydrogen-bond acceptors (Lipinski definition) is 4. The van der Waals surface area contributed by atoms with Gasteiger partial charge in [0.25, 0.3) is 12.1 Å². The van der Waals surface area contributed by atoms with Gasteiger partial charge in [-0.15, -0.1) is 0 Å². The zero-order chi connectivity index (χ0) is 15.5. The summed E-state index contributed by atoms with van der Waals surface area (Å²) in [6.07, 6.45) is -2.94. The van der Waals surface area contributed by atoms with E-state index in [0.717, 1.165) is 12.1 Å². The van der Waals surface area contributed by atoms with E-state index < -0.39 is 34.0 Å². The Labute approximate surface area is 114 Å². The molecule has 0 saturated heterocycles. The summed E-state index contributed by atoms with van der Waals surface area (Å²) < 4.78 is 25.9. The van der Waals surface area contributed by atoms with Crippen molar-refractivity contribution < 1.29 is 18.5 Å². The number of carbonyl (C=O) groups excluding carboxylic acids is 1. The van der Waals surface area contributed by atoms with Gasteiger partial charge in [-0.2, -0.15) is 0 Å². The fourth-order valence-electron chi connectivity index (χ4n) is 1.80. The summed E-state index contributed by atoms with van der Waals surface area (Å²) in [6.45, 7) is 3.24. The van der Waals surface area contributed by atoms with Crippen LogP contribution in [-0.4, -0.2) is 16.4 Å². The molecule has 1 aromatic carbocycles. The van der Waals surface area contributed by atoms with E-state index in [2.05, 4.69) is 5.32 Å². The quantitative estimate of drug-likeness (QED) is 0.620. The van der Waals surface area contributed by atoms with Gasteiger partial charge in [0.05, 0.1) is 4.92 Å². The molecule has 3 N–H and O–H groups in total. The first-order valence-corrected chi connectivity index (χ1v) is 5.75. The normalized spacial score (nSPS) is 11.4. The highest BCUT2D eigenvalue weighted by molar-refractivity contribution is 5.76. The van der Waals surface area contributed by atoms with Gasteiger partial charge in [-0.25, -0.2) is 8.78 Å². The molecule has 1 rings (SSSR count). The maximum absolute atomic E-state index is 13.0. The Balaban J connectivity index is 3.11. The molecule has 0 unspecified atom stereocenters. The van der Waals surface area contributed by atoms with Crippen LogP contribution in [0.2, 0.25) is 0 Å². The Morgan fingerprint density at radius 3 is 2.55 bits per heavy atom. The molecule has 0 saturated carbocycles. The van der Waals surface area contributed by atoms with Crippen LogP contribution in [0.15, 0.2) is 18.2 Å². The Morgan fingerprint density at radius 2 is 2.10 bits per heavy atom. The van der Waals surface area contributed by atoms with Crippen molar-refractivity contribution in [1.82, 2.24) is 0 Å². The van der Waals surface area contributed by atoms with Gasteiger partial charge in [0, 0.05) is 35.3 Å². The molecule has 0 bridgehead atoms. The lowest BCUT2D eigenvalue weighted by Crippen LogP contribution is -2.36. The van der Waals surface area contributed by atoms with E-state index in [0.29, 0.717) is 0 Å².